The summed E-state index contributed by atoms with van der Waals surface area (Å²) in [5, 5.41) is 10.3. The maximum Gasteiger partial charge on any atom is 0.232 e. The van der Waals surface area contributed by atoms with Crippen LogP contribution < -0.4 is 5.32 Å². The van der Waals surface area contributed by atoms with Gasteiger partial charge in [0.1, 0.15) is 5.69 Å². The number of amides is 1. The topological polar surface area (TPSA) is 68.0 Å². The number of hydrogen-bond donors (Lipinski definition) is 1. The van der Waals surface area contributed by atoms with Crippen molar-refractivity contribution in [1.29, 1.82) is 0 Å². The lowest BCUT2D eigenvalue weighted by Gasteiger charge is -2.01. The lowest BCUT2D eigenvalue weighted by atomic mass is 10.1. The Bertz CT molecular complexity index is 1080. The molecule has 2 aromatic carbocycles. The molecule has 0 aliphatic heterocycles. The number of hydrogen-bond acceptors (Lipinski definition) is 5. The molecule has 0 aliphatic rings. The van der Waals surface area contributed by atoms with E-state index < -0.39 is 0 Å². The van der Waals surface area contributed by atoms with E-state index in [0.717, 1.165) is 27.8 Å². The van der Waals surface area contributed by atoms with E-state index in [2.05, 4.69) is 15.5 Å². The van der Waals surface area contributed by atoms with E-state index in [9.17, 15) is 4.79 Å². The van der Waals surface area contributed by atoms with E-state index in [1.807, 2.05) is 61.7 Å². The Morgan fingerprint density at radius 2 is 1.92 bits per heavy atom. The Balaban J connectivity index is 1.50. The Morgan fingerprint density at radius 1 is 1.15 bits per heavy atom. The van der Waals surface area contributed by atoms with Crippen LogP contribution in [-0.2, 0) is 11.2 Å². The molecule has 5 nitrogen and oxygen atoms in total. The summed E-state index contributed by atoms with van der Waals surface area (Å²) in [7, 11) is 0. The molecule has 1 amide bonds. The quantitative estimate of drug-likeness (QED) is 0.568. The van der Waals surface area contributed by atoms with E-state index in [1.165, 1.54) is 11.3 Å². The minimum Gasteiger partial charge on any atom is -0.356 e. The van der Waals surface area contributed by atoms with E-state index in [0.29, 0.717) is 16.4 Å². The Morgan fingerprint density at radius 3 is 2.73 bits per heavy atom. The number of carbonyl (C=O) groups is 1. The Hall–Kier alpha value is -2.99. The molecule has 0 spiro atoms. The van der Waals surface area contributed by atoms with Gasteiger partial charge in [-0.25, -0.2) is 4.98 Å². The van der Waals surface area contributed by atoms with Crippen LogP contribution in [0.15, 0.2) is 52.4 Å². The number of nitrogens with zero attached hydrogens (tertiary/aromatic N) is 2. The highest BCUT2D eigenvalue weighted by atomic mass is 32.1. The Kier molecular flexibility index (Phi) is 4.26. The zero-order valence-corrected chi connectivity index (χ0v) is 15.3. The number of thiazole rings is 1. The van der Waals surface area contributed by atoms with Gasteiger partial charge in [0, 0.05) is 16.3 Å². The van der Waals surface area contributed by atoms with Crippen molar-refractivity contribution in [2.24, 2.45) is 0 Å². The molecule has 0 bridgehead atoms. The van der Waals surface area contributed by atoms with Crippen molar-refractivity contribution < 1.29 is 9.32 Å². The molecule has 0 unspecified atom stereocenters. The molecule has 2 heterocycles. The van der Waals surface area contributed by atoms with Gasteiger partial charge in [-0.15, -0.1) is 11.3 Å². The first-order chi connectivity index (χ1) is 12.6. The molecule has 0 radical (unpaired) electrons. The van der Waals surface area contributed by atoms with E-state index in [4.69, 9.17) is 4.52 Å². The van der Waals surface area contributed by atoms with E-state index in [-0.39, 0.29) is 12.3 Å². The van der Waals surface area contributed by atoms with Gasteiger partial charge in [-0.1, -0.05) is 35.5 Å². The van der Waals surface area contributed by atoms with Gasteiger partial charge in [-0.2, -0.15) is 0 Å². The molecule has 130 valence electrons. The molecule has 0 atom stereocenters. The minimum atomic E-state index is -0.160. The fourth-order valence-corrected chi connectivity index (χ4v) is 3.50. The summed E-state index contributed by atoms with van der Waals surface area (Å²) in [6.07, 6.45) is 0.149. The van der Waals surface area contributed by atoms with Crippen LogP contribution in [0.1, 0.15) is 16.8 Å². The molecule has 6 heteroatoms. The number of benzene rings is 2. The molecule has 2 aromatic heterocycles. The van der Waals surface area contributed by atoms with Crippen molar-refractivity contribution >= 4 is 33.3 Å². The van der Waals surface area contributed by atoms with Gasteiger partial charge in [0.15, 0.2) is 10.7 Å². The van der Waals surface area contributed by atoms with Crippen molar-refractivity contribution in [1.82, 2.24) is 10.1 Å². The highest BCUT2D eigenvalue weighted by Crippen LogP contribution is 2.26. The third-order valence-electron chi connectivity index (χ3n) is 4.31. The van der Waals surface area contributed by atoms with Crippen LogP contribution in [0.2, 0.25) is 0 Å². The first kappa shape index (κ1) is 16.5. The number of aromatic nitrogens is 2. The summed E-state index contributed by atoms with van der Waals surface area (Å²) in [6.45, 7) is 4.06. The first-order valence-electron chi connectivity index (χ1n) is 8.26. The summed E-state index contributed by atoms with van der Waals surface area (Å²) in [5.41, 5.74) is 5.51. The maximum atomic E-state index is 12.4. The predicted molar refractivity (Wildman–Crippen MR) is 103 cm³/mol. The second-order valence-corrected chi connectivity index (χ2v) is 7.05. The molecular weight excluding hydrogens is 346 g/mol. The summed E-state index contributed by atoms with van der Waals surface area (Å²) in [6, 6.07) is 13.8. The third kappa shape index (κ3) is 3.23. The zero-order valence-electron chi connectivity index (χ0n) is 14.4. The van der Waals surface area contributed by atoms with Crippen LogP contribution in [0.3, 0.4) is 0 Å². The number of fused-ring (bicyclic) bond motifs is 1. The molecular formula is C20H17N3O2S. The van der Waals surface area contributed by atoms with Crippen LogP contribution in [0.25, 0.3) is 22.2 Å². The summed E-state index contributed by atoms with van der Waals surface area (Å²) >= 11 is 1.41. The SMILES string of the molecule is Cc1cc2onc(CC(=O)Nc3nc(-c4ccccc4)cs3)c2cc1C. The maximum absolute atomic E-state index is 12.4. The molecule has 26 heavy (non-hydrogen) atoms. The normalized spacial score (nSPS) is 11.0. The van der Waals surface area contributed by atoms with Crippen molar-refractivity contribution in [3.8, 4) is 11.3 Å². The minimum absolute atomic E-state index is 0.149. The third-order valence-corrected chi connectivity index (χ3v) is 5.07. The van der Waals surface area contributed by atoms with Crippen LogP contribution >= 0.6 is 11.3 Å². The summed E-state index contributed by atoms with van der Waals surface area (Å²) < 4.78 is 5.35. The number of anilines is 1. The smallest absolute Gasteiger partial charge is 0.232 e. The van der Waals surface area contributed by atoms with Crippen LogP contribution in [-0.4, -0.2) is 16.0 Å². The van der Waals surface area contributed by atoms with Gasteiger partial charge in [0.2, 0.25) is 5.91 Å². The molecule has 1 N–H and O–H groups in total. The lowest BCUT2D eigenvalue weighted by molar-refractivity contribution is -0.115. The largest absolute Gasteiger partial charge is 0.356 e. The van der Waals surface area contributed by atoms with Crippen LogP contribution in [0, 0.1) is 13.8 Å². The van der Waals surface area contributed by atoms with Crippen molar-refractivity contribution in [2.45, 2.75) is 20.3 Å². The first-order valence-corrected chi connectivity index (χ1v) is 9.14. The number of carbonyl (C=O) groups excluding carboxylic acids is 1. The number of aryl methyl sites for hydroxylation is 2. The summed E-state index contributed by atoms with van der Waals surface area (Å²) in [5.74, 6) is -0.160. The highest BCUT2D eigenvalue weighted by molar-refractivity contribution is 7.14. The van der Waals surface area contributed by atoms with Gasteiger partial charge in [0.25, 0.3) is 0 Å². The lowest BCUT2D eigenvalue weighted by Crippen LogP contribution is -2.14. The van der Waals surface area contributed by atoms with Gasteiger partial charge >= 0.3 is 0 Å². The average Bonchev–Trinajstić information content (AvgIpc) is 3.24. The van der Waals surface area contributed by atoms with Crippen molar-refractivity contribution in [3.05, 3.63) is 64.7 Å². The van der Waals surface area contributed by atoms with Gasteiger partial charge in [0.05, 0.1) is 12.1 Å². The van der Waals surface area contributed by atoms with Gasteiger partial charge < -0.3 is 9.84 Å². The van der Waals surface area contributed by atoms with Crippen LogP contribution in [0.5, 0.6) is 0 Å². The summed E-state index contributed by atoms with van der Waals surface area (Å²) in [4.78, 5) is 16.9. The fourth-order valence-electron chi connectivity index (χ4n) is 2.76. The fraction of sp³-hybridized carbons (Fsp3) is 0.150. The molecule has 4 rings (SSSR count). The van der Waals surface area contributed by atoms with Crippen molar-refractivity contribution in [2.75, 3.05) is 5.32 Å². The molecule has 0 saturated carbocycles. The molecule has 0 saturated heterocycles. The number of nitrogens with one attached hydrogen (secondary N) is 1. The zero-order chi connectivity index (χ0) is 18.1. The second-order valence-electron chi connectivity index (χ2n) is 6.19. The molecule has 0 fully saturated rings. The van der Waals surface area contributed by atoms with Crippen LogP contribution in [0.4, 0.5) is 5.13 Å². The molecule has 0 aliphatic carbocycles. The van der Waals surface area contributed by atoms with E-state index in [1.54, 1.807) is 0 Å². The number of rotatable bonds is 4. The van der Waals surface area contributed by atoms with Gasteiger partial charge in [-0.05, 0) is 37.1 Å². The molecule has 4 aromatic rings. The monoisotopic (exact) mass is 363 g/mol. The average molecular weight is 363 g/mol. The van der Waals surface area contributed by atoms with Crippen molar-refractivity contribution in [3.63, 3.8) is 0 Å². The van der Waals surface area contributed by atoms with E-state index >= 15 is 0 Å². The standard InChI is InChI=1S/C20H17N3O2S/c1-12-8-15-16(23-25-18(15)9-13(12)2)10-19(24)22-20-21-17(11-26-20)14-6-4-3-5-7-14/h3-9,11H,10H2,1-2H3,(H,21,22,24). The second kappa shape index (κ2) is 6.72. The highest BCUT2D eigenvalue weighted by Gasteiger charge is 2.15. The van der Waals surface area contributed by atoms with Gasteiger partial charge in [-0.3, -0.25) is 4.79 Å². The predicted octanol–water partition coefficient (Wildman–Crippen LogP) is 4.75. The Labute approximate surface area is 154 Å².